The van der Waals surface area contributed by atoms with Crippen LogP contribution in [-0.2, 0) is 6.54 Å². The highest BCUT2D eigenvalue weighted by atomic mass is 32.1. The van der Waals surface area contributed by atoms with Gasteiger partial charge >= 0.3 is 0 Å². The highest BCUT2D eigenvalue weighted by molar-refractivity contribution is 7.20. The van der Waals surface area contributed by atoms with Crippen LogP contribution in [0.2, 0.25) is 0 Å². The van der Waals surface area contributed by atoms with Crippen molar-refractivity contribution in [3.05, 3.63) is 82.6 Å². The molecule has 5 rings (SSSR count). The van der Waals surface area contributed by atoms with Crippen LogP contribution in [0.4, 0.5) is 10.1 Å². The zero-order valence-electron chi connectivity index (χ0n) is 19.2. The average Bonchev–Trinajstić information content (AvgIpc) is 3.42. The predicted octanol–water partition coefficient (Wildman–Crippen LogP) is 4.15. The molecule has 1 fully saturated rings. The van der Waals surface area contributed by atoms with E-state index in [1.54, 1.807) is 0 Å². The molecule has 4 aromatic rings. The summed E-state index contributed by atoms with van der Waals surface area (Å²) < 4.78 is 15.1. The van der Waals surface area contributed by atoms with Crippen LogP contribution in [0.5, 0.6) is 0 Å². The van der Waals surface area contributed by atoms with E-state index in [4.69, 9.17) is 0 Å². The third kappa shape index (κ3) is 4.98. The quantitative estimate of drug-likeness (QED) is 0.435. The summed E-state index contributed by atoms with van der Waals surface area (Å²) in [5, 5.41) is 8.79. The Morgan fingerprint density at radius 2 is 1.79 bits per heavy atom. The second kappa shape index (κ2) is 9.95. The lowest BCUT2D eigenvalue weighted by Gasteiger charge is -2.36. The van der Waals surface area contributed by atoms with Gasteiger partial charge in [0.25, 0.3) is 5.91 Å². The van der Waals surface area contributed by atoms with Crippen molar-refractivity contribution in [3.63, 3.8) is 0 Å². The van der Waals surface area contributed by atoms with Gasteiger partial charge in [0.15, 0.2) is 0 Å². The molecule has 34 heavy (non-hydrogen) atoms. The number of nitrogens with one attached hydrogen (secondary N) is 1. The number of carbonyl (C=O) groups excluding carboxylic acids is 1. The topological polar surface area (TPSA) is 53.4 Å². The van der Waals surface area contributed by atoms with Gasteiger partial charge in [0, 0.05) is 50.3 Å². The molecule has 0 bridgehead atoms. The summed E-state index contributed by atoms with van der Waals surface area (Å²) in [6, 6.07) is 18.9. The minimum absolute atomic E-state index is 0.0307. The first-order valence-electron chi connectivity index (χ1n) is 11.6. The molecule has 1 amide bonds. The van der Waals surface area contributed by atoms with Gasteiger partial charge in [0.05, 0.1) is 17.1 Å². The molecule has 176 valence electrons. The highest BCUT2D eigenvalue weighted by Crippen LogP contribution is 2.29. The standard InChI is InChI=1S/C26H28FN5OS/c1-19-23-17-24(34-26(23)32(29-19)18-20-5-3-2-4-6-20)25(33)28-11-12-30-13-15-31(16-14-30)22-9-7-21(27)8-10-22/h2-10,17H,11-16,18H2,1H3,(H,28,33). The van der Waals surface area contributed by atoms with Crippen LogP contribution in [-0.4, -0.2) is 59.9 Å². The lowest BCUT2D eigenvalue weighted by molar-refractivity contribution is 0.0952. The summed E-state index contributed by atoms with van der Waals surface area (Å²) in [6.45, 7) is 7.74. The summed E-state index contributed by atoms with van der Waals surface area (Å²) in [6.07, 6.45) is 0. The maximum absolute atomic E-state index is 13.1. The Balaban J connectivity index is 1.13. The Kier molecular flexibility index (Phi) is 6.60. The van der Waals surface area contributed by atoms with E-state index in [2.05, 4.69) is 32.3 Å². The monoisotopic (exact) mass is 477 g/mol. The van der Waals surface area contributed by atoms with Crippen molar-refractivity contribution >= 4 is 33.1 Å². The van der Waals surface area contributed by atoms with Gasteiger partial charge in [-0.2, -0.15) is 5.10 Å². The molecule has 1 N–H and O–H groups in total. The van der Waals surface area contributed by atoms with E-state index in [-0.39, 0.29) is 11.7 Å². The van der Waals surface area contributed by atoms with Gasteiger partial charge in [-0.05, 0) is 42.8 Å². The number of hydrogen-bond acceptors (Lipinski definition) is 5. The number of fused-ring (bicyclic) bond motifs is 1. The van der Waals surface area contributed by atoms with Gasteiger partial charge in [-0.1, -0.05) is 30.3 Å². The van der Waals surface area contributed by atoms with E-state index in [1.807, 2.05) is 48.0 Å². The zero-order valence-corrected chi connectivity index (χ0v) is 20.0. The fourth-order valence-electron chi connectivity index (χ4n) is 4.38. The van der Waals surface area contributed by atoms with E-state index >= 15 is 0 Å². The maximum Gasteiger partial charge on any atom is 0.261 e. The number of aromatic nitrogens is 2. The largest absolute Gasteiger partial charge is 0.369 e. The summed E-state index contributed by atoms with van der Waals surface area (Å²) in [7, 11) is 0. The highest BCUT2D eigenvalue weighted by Gasteiger charge is 2.19. The van der Waals surface area contributed by atoms with E-state index in [1.165, 1.54) is 29.0 Å². The Morgan fingerprint density at radius 3 is 2.53 bits per heavy atom. The number of aryl methyl sites for hydroxylation is 1. The van der Waals surface area contributed by atoms with E-state index in [0.717, 1.165) is 59.2 Å². The number of rotatable bonds is 7. The van der Waals surface area contributed by atoms with Gasteiger partial charge in [0.2, 0.25) is 0 Å². The third-order valence-electron chi connectivity index (χ3n) is 6.28. The number of hydrogen-bond donors (Lipinski definition) is 1. The smallest absolute Gasteiger partial charge is 0.261 e. The third-order valence-corrected chi connectivity index (χ3v) is 7.43. The molecule has 0 radical (unpaired) electrons. The van der Waals surface area contributed by atoms with Crippen molar-refractivity contribution in [3.8, 4) is 0 Å². The van der Waals surface area contributed by atoms with Crippen LogP contribution in [0.1, 0.15) is 20.9 Å². The van der Waals surface area contributed by atoms with E-state index in [9.17, 15) is 9.18 Å². The maximum atomic E-state index is 13.1. The van der Waals surface area contributed by atoms with Crippen LogP contribution in [0.25, 0.3) is 10.2 Å². The second-order valence-electron chi connectivity index (χ2n) is 8.62. The SMILES string of the molecule is Cc1nn(Cc2ccccc2)c2sc(C(=O)NCCN3CCN(c4ccc(F)cc4)CC3)cc12. The lowest BCUT2D eigenvalue weighted by atomic mass is 10.2. The molecule has 1 aliphatic rings. The van der Waals surface area contributed by atoms with Crippen molar-refractivity contribution in [1.82, 2.24) is 20.0 Å². The average molecular weight is 478 g/mol. The van der Waals surface area contributed by atoms with Gasteiger partial charge in [-0.25, -0.2) is 4.39 Å². The lowest BCUT2D eigenvalue weighted by Crippen LogP contribution is -2.48. The van der Waals surface area contributed by atoms with Crippen molar-refractivity contribution in [1.29, 1.82) is 0 Å². The van der Waals surface area contributed by atoms with Crippen LogP contribution in [0.3, 0.4) is 0 Å². The fraction of sp³-hybridized carbons (Fsp3) is 0.308. The molecule has 3 heterocycles. The number of thiophene rings is 1. The molecule has 2 aromatic carbocycles. The minimum atomic E-state index is -0.208. The molecule has 0 aliphatic carbocycles. The summed E-state index contributed by atoms with van der Waals surface area (Å²) in [5.74, 6) is -0.239. The van der Waals surface area contributed by atoms with E-state index in [0.29, 0.717) is 13.1 Å². The second-order valence-corrected chi connectivity index (χ2v) is 9.65. The number of amides is 1. The first-order chi connectivity index (χ1) is 16.6. The molecular weight excluding hydrogens is 449 g/mol. The number of benzene rings is 2. The number of nitrogens with zero attached hydrogens (tertiary/aromatic N) is 4. The van der Waals surface area contributed by atoms with Crippen LogP contribution < -0.4 is 10.2 Å². The van der Waals surface area contributed by atoms with E-state index < -0.39 is 0 Å². The number of piperazine rings is 1. The molecule has 0 unspecified atom stereocenters. The molecule has 0 spiro atoms. The minimum Gasteiger partial charge on any atom is -0.369 e. The molecule has 1 aliphatic heterocycles. The Hall–Kier alpha value is -3.23. The molecule has 0 atom stereocenters. The molecule has 8 heteroatoms. The molecule has 6 nitrogen and oxygen atoms in total. The Morgan fingerprint density at radius 1 is 1.06 bits per heavy atom. The van der Waals surface area contributed by atoms with Crippen LogP contribution in [0, 0.1) is 12.7 Å². The van der Waals surface area contributed by atoms with Gasteiger partial charge in [-0.15, -0.1) is 11.3 Å². The Labute approximate surface area is 202 Å². The summed E-state index contributed by atoms with van der Waals surface area (Å²) in [4.78, 5) is 19.2. The van der Waals surface area contributed by atoms with Crippen molar-refractivity contribution in [2.45, 2.75) is 13.5 Å². The fourth-order valence-corrected chi connectivity index (χ4v) is 5.46. The van der Waals surface area contributed by atoms with Crippen LogP contribution in [0.15, 0.2) is 60.7 Å². The number of carbonyl (C=O) groups is 1. The van der Waals surface area contributed by atoms with Crippen molar-refractivity contribution < 1.29 is 9.18 Å². The first-order valence-corrected chi connectivity index (χ1v) is 12.4. The number of anilines is 1. The summed E-state index contributed by atoms with van der Waals surface area (Å²) in [5.41, 5.74) is 3.19. The molecule has 1 saturated heterocycles. The van der Waals surface area contributed by atoms with Crippen molar-refractivity contribution in [2.24, 2.45) is 0 Å². The zero-order chi connectivity index (χ0) is 23.5. The molecule has 0 saturated carbocycles. The van der Waals surface area contributed by atoms with Gasteiger partial charge < -0.3 is 10.2 Å². The van der Waals surface area contributed by atoms with Crippen molar-refractivity contribution in [2.75, 3.05) is 44.2 Å². The Bertz CT molecular complexity index is 1260. The summed E-state index contributed by atoms with van der Waals surface area (Å²) >= 11 is 1.50. The number of halogens is 1. The normalized spacial score (nSPS) is 14.6. The molecular formula is C26H28FN5OS. The van der Waals surface area contributed by atoms with Crippen LogP contribution >= 0.6 is 11.3 Å². The van der Waals surface area contributed by atoms with Gasteiger partial charge in [0.1, 0.15) is 10.6 Å². The molecule has 2 aromatic heterocycles. The van der Waals surface area contributed by atoms with Gasteiger partial charge in [-0.3, -0.25) is 14.4 Å². The first kappa shape index (κ1) is 22.6. The predicted molar refractivity (Wildman–Crippen MR) is 135 cm³/mol.